The predicted molar refractivity (Wildman–Crippen MR) is 129 cm³/mol. The quantitative estimate of drug-likeness (QED) is 0.202. The highest BCUT2D eigenvalue weighted by atomic mass is 35.5. The smallest absolute Gasteiger partial charge is 0.187 e. The molecule has 0 aliphatic heterocycles. The number of rotatable bonds is 9. The molecule has 5 nitrogen and oxygen atoms in total. The molecule has 0 radical (unpaired) electrons. The first-order chi connectivity index (χ1) is 15.4. The Morgan fingerprint density at radius 2 is 1.94 bits per heavy atom. The summed E-state index contributed by atoms with van der Waals surface area (Å²) in [5.74, 6) is 1.40. The molecule has 3 aromatic rings. The van der Waals surface area contributed by atoms with Crippen LogP contribution in [-0.4, -0.2) is 28.7 Å². The molecule has 0 aliphatic carbocycles. The summed E-state index contributed by atoms with van der Waals surface area (Å²) < 4.78 is 11.7. The van der Waals surface area contributed by atoms with Gasteiger partial charge in [-0.15, -0.1) is 11.6 Å². The lowest BCUT2D eigenvalue weighted by Crippen LogP contribution is -2.21. The molecule has 0 amide bonds. The second-order valence-electron chi connectivity index (χ2n) is 7.43. The van der Waals surface area contributed by atoms with Crippen molar-refractivity contribution in [1.82, 2.24) is 9.97 Å². The first kappa shape index (κ1) is 24.2. The molecule has 0 saturated carbocycles. The Hall–Kier alpha value is -2.46. The van der Waals surface area contributed by atoms with Gasteiger partial charge in [-0.1, -0.05) is 55.4 Å². The Labute approximate surface area is 202 Å². The number of para-hydroxylation sites is 1. The SMILES string of the molecule is CSc1nccc(COc2ccccc2C(C)(C)c2cc(Cl)c(OCCCl)c(C#N)c2)n1. The Balaban J connectivity index is 1.93. The van der Waals surface area contributed by atoms with Gasteiger partial charge in [0.15, 0.2) is 10.9 Å². The zero-order valence-electron chi connectivity index (χ0n) is 18.1. The van der Waals surface area contributed by atoms with Crippen LogP contribution in [0.5, 0.6) is 11.5 Å². The molecule has 0 saturated heterocycles. The van der Waals surface area contributed by atoms with E-state index in [4.69, 9.17) is 32.7 Å². The number of nitrogens with zero attached hydrogens (tertiary/aromatic N) is 3. The summed E-state index contributed by atoms with van der Waals surface area (Å²) in [5, 5.41) is 10.7. The number of nitriles is 1. The average Bonchev–Trinajstić information content (AvgIpc) is 2.81. The van der Waals surface area contributed by atoms with Crippen molar-refractivity contribution in [1.29, 1.82) is 5.26 Å². The minimum Gasteiger partial charge on any atom is -0.489 e. The highest BCUT2D eigenvalue weighted by Gasteiger charge is 2.29. The molecular formula is C24H23Cl2N3O2S. The van der Waals surface area contributed by atoms with Gasteiger partial charge >= 0.3 is 0 Å². The maximum atomic E-state index is 9.65. The van der Waals surface area contributed by atoms with Crippen LogP contribution in [0.4, 0.5) is 0 Å². The maximum absolute atomic E-state index is 9.65. The second-order valence-corrected chi connectivity index (χ2v) is 8.99. The van der Waals surface area contributed by atoms with E-state index in [2.05, 4.69) is 29.9 Å². The van der Waals surface area contributed by atoms with Crippen LogP contribution in [0.2, 0.25) is 5.02 Å². The molecule has 8 heteroatoms. The van der Waals surface area contributed by atoms with E-state index in [1.54, 1.807) is 12.3 Å². The highest BCUT2D eigenvalue weighted by molar-refractivity contribution is 7.98. The first-order valence-corrected chi connectivity index (χ1v) is 12.1. The molecule has 32 heavy (non-hydrogen) atoms. The van der Waals surface area contributed by atoms with Gasteiger partial charge in [0.2, 0.25) is 0 Å². The zero-order valence-corrected chi connectivity index (χ0v) is 20.4. The van der Waals surface area contributed by atoms with E-state index in [0.29, 0.717) is 34.0 Å². The van der Waals surface area contributed by atoms with Crippen LogP contribution in [0.3, 0.4) is 0 Å². The van der Waals surface area contributed by atoms with Crippen molar-refractivity contribution in [2.24, 2.45) is 0 Å². The lowest BCUT2D eigenvalue weighted by atomic mass is 9.77. The largest absolute Gasteiger partial charge is 0.489 e. The summed E-state index contributed by atoms with van der Waals surface area (Å²) in [7, 11) is 0. The topological polar surface area (TPSA) is 68.0 Å². The fourth-order valence-electron chi connectivity index (χ4n) is 3.30. The van der Waals surface area contributed by atoms with Crippen LogP contribution in [0.15, 0.2) is 53.8 Å². The van der Waals surface area contributed by atoms with Crippen molar-refractivity contribution in [2.75, 3.05) is 18.7 Å². The molecule has 0 fully saturated rings. The van der Waals surface area contributed by atoms with Crippen molar-refractivity contribution in [3.05, 3.63) is 76.1 Å². The van der Waals surface area contributed by atoms with Crippen molar-refractivity contribution in [3.8, 4) is 17.6 Å². The number of ether oxygens (including phenoxy) is 2. The van der Waals surface area contributed by atoms with E-state index < -0.39 is 5.41 Å². The monoisotopic (exact) mass is 487 g/mol. The number of benzene rings is 2. The fraction of sp³-hybridized carbons (Fsp3) is 0.292. The first-order valence-electron chi connectivity index (χ1n) is 9.91. The molecule has 1 aromatic heterocycles. The maximum Gasteiger partial charge on any atom is 0.187 e. The molecule has 0 bridgehead atoms. The third-order valence-corrected chi connectivity index (χ3v) is 6.02. The van der Waals surface area contributed by atoms with Gasteiger partial charge in [-0.2, -0.15) is 5.26 Å². The molecule has 3 rings (SSSR count). The van der Waals surface area contributed by atoms with E-state index in [1.807, 2.05) is 42.7 Å². The minimum atomic E-state index is -0.493. The van der Waals surface area contributed by atoms with Gasteiger partial charge in [-0.3, -0.25) is 0 Å². The average molecular weight is 488 g/mol. The Bertz CT molecular complexity index is 1130. The Morgan fingerprint density at radius 1 is 1.16 bits per heavy atom. The Morgan fingerprint density at radius 3 is 2.66 bits per heavy atom. The number of alkyl halides is 1. The van der Waals surface area contributed by atoms with Crippen molar-refractivity contribution < 1.29 is 9.47 Å². The summed E-state index contributed by atoms with van der Waals surface area (Å²) in [4.78, 5) is 8.67. The summed E-state index contributed by atoms with van der Waals surface area (Å²) in [6, 6.07) is 15.5. The van der Waals surface area contributed by atoms with Gasteiger partial charge < -0.3 is 9.47 Å². The van der Waals surface area contributed by atoms with Crippen LogP contribution >= 0.6 is 35.0 Å². The van der Waals surface area contributed by atoms with E-state index in [9.17, 15) is 5.26 Å². The van der Waals surface area contributed by atoms with Gasteiger partial charge in [0, 0.05) is 17.2 Å². The number of halogens is 2. The third-order valence-electron chi connectivity index (χ3n) is 5.02. The van der Waals surface area contributed by atoms with Gasteiger partial charge in [-0.05, 0) is 36.1 Å². The zero-order chi connectivity index (χ0) is 23.1. The van der Waals surface area contributed by atoms with E-state index in [0.717, 1.165) is 22.6 Å². The third kappa shape index (κ3) is 5.47. The number of aromatic nitrogens is 2. The molecular weight excluding hydrogens is 465 g/mol. The van der Waals surface area contributed by atoms with Gasteiger partial charge in [0.25, 0.3) is 0 Å². The molecule has 0 aliphatic rings. The molecule has 0 atom stereocenters. The van der Waals surface area contributed by atoms with Crippen molar-refractivity contribution >= 4 is 35.0 Å². The normalized spacial score (nSPS) is 11.1. The van der Waals surface area contributed by atoms with Gasteiger partial charge in [0.1, 0.15) is 25.0 Å². The highest BCUT2D eigenvalue weighted by Crippen LogP contribution is 2.41. The molecule has 0 N–H and O–H groups in total. The van der Waals surface area contributed by atoms with Gasteiger partial charge in [-0.25, -0.2) is 9.97 Å². The van der Waals surface area contributed by atoms with Crippen LogP contribution in [0.1, 0.15) is 36.2 Å². The van der Waals surface area contributed by atoms with Crippen LogP contribution in [-0.2, 0) is 12.0 Å². The molecule has 1 heterocycles. The van der Waals surface area contributed by atoms with Crippen molar-refractivity contribution in [3.63, 3.8) is 0 Å². The molecule has 166 valence electrons. The molecule has 2 aromatic carbocycles. The fourth-order valence-corrected chi connectivity index (χ4v) is 4.02. The number of thioether (sulfide) groups is 1. The molecule has 0 unspecified atom stereocenters. The second kappa shape index (κ2) is 10.9. The lowest BCUT2D eigenvalue weighted by Gasteiger charge is -2.29. The minimum absolute atomic E-state index is 0.274. The van der Waals surface area contributed by atoms with Gasteiger partial charge in [0.05, 0.1) is 22.2 Å². The van der Waals surface area contributed by atoms with Crippen LogP contribution < -0.4 is 9.47 Å². The van der Waals surface area contributed by atoms with Crippen LogP contribution in [0.25, 0.3) is 0 Å². The predicted octanol–water partition coefficient (Wildman–Crippen LogP) is 6.25. The van der Waals surface area contributed by atoms with Crippen LogP contribution in [0, 0.1) is 11.3 Å². The summed E-state index contributed by atoms with van der Waals surface area (Å²) in [5.41, 5.74) is 2.52. The van der Waals surface area contributed by atoms with E-state index in [-0.39, 0.29) is 6.61 Å². The van der Waals surface area contributed by atoms with E-state index >= 15 is 0 Å². The Kier molecular flexibility index (Phi) is 8.25. The summed E-state index contributed by atoms with van der Waals surface area (Å²) in [6.07, 6.45) is 3.66. The molecule has 0 spiro atoms. The lowest BCUT2D eigenvalue weighted by molar-refractivity contribution is 0.293. The summed E-state index contributed by atoms with van der Waals surface area (Å²) >= 11 is 13.7. The summed E-state index contributed by atoms with van der Waals surface area (Å²) in [6.45, 7) is 4.73. The number of hydrogen-bond donors (Lipinski definition) is 0. The standard InChI is InChI=1S/C24H23Cl2N3O2S/c1-24(2,17-12-16(14-27)22(20(26)13-17)30-11-9-25)19-6-4-5-7-21(19)31-15-18-8-10-28-23(29-18)32-3/h4-8,10,12-13H,9,11,15H2,1-3H3. The number of hydrogen-bond acceptors (Lipinski definition) is 6. The van der Waals surface area contributed by atoms with Crippen molar-refractivity contribution in [2.45, 2.75) is 31.0 Å². The van der Waals surface area contributed by atoms with E-state index in [1.165, 1.54) is 11.8 Å².